The van der Waals surface area contributed by atoms with Gasteiger partial charge in [-0.15, -0.1) is 0 Å². The number of hydrogen-bond donors (Lipinski definition) is 1. The topological polar surface area (TPSA) is 60.0 Å². The number of hydrogen-bond acceptors (Lipinski definition) is 5. The number of ether oxygens (including phenoxy) is 3. The first-order valence-corrected chi connectivity index (χ1v) is 8.96. The number of amides is 1. The van der Waals surface area contributed by atoms with Crippen LogP contribution in [0.25, 0.3) is 0 Å². The van der Waals surface area contributed by atoms with Gasteiger partial charge in [0.05, 0.1) is 27.9 Å². The quantitative estimate of drug-likeness (QED) is 0.779. The van der Waals surface area contributed by atoms with Crippen LogP contribution in [0.2, 0.25) is 0 Å². The summed E-state index contributed by atoms with van der Waals surface area (Å²) in [5, 5.41) is 2.95. The molecule has 0 bridgehead atoms. The van der Waals surface area contributed by atoms with Crippen molar-refractivity contribution in [2.24, 2.45) is 0 Å². The fourth-order valence-electron chi connectivity index (χ4n) is 3.48. The number of methoxy groups -OCH3 is 3. The van der Waals surface area contributed by atoms with E-state index in [4.69, 9.17) is 14.2 Å². The maximum absolute atomic E-state index is 12.5. The van der Waals surface area contributed by atoms with Gasteiger partial charge in [0.15, 0.2) is 11.5 Å². The van der Waals surface area contributed by atoms with Crippen molar-refractivity contribution in [1.29, 1.82) is 0 Å². The van der Waals surface area contributed by atoms with Crippen LogP contribution in [-0.4, -0.2) is 51.3 Å². The summed E-state index contributed by atoms with van der Waals surface area (Å²) >= 11 is 0. The third-order valence-electron chi connectivity index (χ3n) is 4.79. The molecule has 0 aromatic heterocycles. The molecule has 25 heavy (non-hydrogen) atoms. The molecule has 1 aromatic carbocycles. The first kappa shape index (κ1) is 19.4. The van der Waals surface area contributed by atoms with E-state index in [-0.39, 0.29) is 5.91 Å². The number of anilines is 1. The van der Waals surface area contributed by atoms with Gasteiger partial charge in [-0.2, -0.15) is 0 Å². The molecule has 0 radical (unpaired) electrons. The van der Waals surface area contributed by atoms with Crippen molar-refractivity contribution in [2.75, 3.05) is 39.7 Å². The van der Waals surface area contributed by atoms with Crippen molar-refractivity contribution < 1.29 is 19.0 Å². The second-order valence-corrected chi connectivity index (χ2v) is 6.32. The Morgan fingerprint density at radius 3 is 2.16 bits per heavy atom. The van der Waals surface area contributed by atoms with Gasteiger partial charge in [-0.25, -0.2) is 0 Å². The van der Waals surface area contributed by atoms with Gasteiger partial charge in [0.25, 0.3) is 0 Å². The Bertz CT molecular complexity index is 546. The van der Waals surface area contributed by atoms with Gasteiger partial charge in [0.2, 0.25) is 11.7 Å². The summed E-state index contributed by atoms with van der Waals surface area (Å²) in [6.07, 6.45) is 6.20. The molecule has 0 saturated heterocycles. The smallest absolute Gasteiger partial charge is 0.238 e. The number of nitrogens with zero attached hydrogens (tertiary/aromatic N) is 1. The number of likely N-dealkylation sites (N-methyl/N-ethyl adjacent to an activating group) is 1. The van der Waals surface area contributed by atoms with Crippen molar-refractivity contribution in [3.63, 3.8) is 0 Å². The van der Waals surface area contributed by atoms with Crippen molar-refractivity contribution in [3.8, 4) is 17.2 Å². The van der Waals surface area contributed by atoms with Crippen LogP contribution in [0.3, 0.4) is 0 Å². The maximum atomic E-state index is 12.5. The Kier molecular flexibility index (Phi) is 7.37. The minimum atomic E-state index is -0.0262. The molecule has 2 rings (SSSR count). The first-order valence-electron chi connectivity index (χ1n) is 8.96. The van der Waals surface area contributed by atoms with Crippen LogP contribution in [0.1, 0.15) is 39.0 Å². The van der Waals surface area contributed by atoms with Crippen molar-refractivity contribution in [3.05, 3.63) is 12.1 Å². The molecule has 1 saturated carbocycles. The molecule has 6 nitrogen and oxygen atoms in total. The normalized spacial score (nSPS) is 15.1. The Morgan fingerprint density at radius 2 is 1.68 bits per heavy atom. The highest BCUT2D eigenvalue weighted by Gasteiger charge is 2.22. The highest BCUT2D eigenvalue weighted by atomic mass is 16.5. The molecule has 0 atom stereocenters. The molecule has 1 aliphatic rings. The summed E-state index contributed by atoms with van der Waals surface area (Å²) in [6, 6.07) is 4.01. The van der Waals surface area contributed by atoms with E-state index in [2.05, 4.69) is 17.1 Å². The van der Waals surface area contributed by atoms with Crippen molar-refractivity contribution in [2.45, 2.75) is 45.1 Å². The van der Waals surface area contributed by atoms with E-state index in [0.717, 1.165) is 6.54 Å². The molecule has 0 heterocycles. The van der Waals surface area contributed by atoms with E-state index in [1.54, 1.807) is 33.5 Å². The van der Waals surface area contributed by atoms with E-state index in [9.17, 15) is 4.79 Å². The molecule has 0 aliphatic heterocycles. The zero-order valence-electron chi connectivity index (χ0n) is 15.8. The SMILES string of the molecule is CCN(CC(=O)Nc1cc(OC)c(OC)c(OC)c1)C1CCCCC1. The van der Waals surface area contributed by atoms with Gasteiger partial charge in [0.1, 0.15) is 0 Å². The zero-order valence-corrected chi connectivity index (χ0v) is 15.8. The highest BCUT2D eigenvalue weighted by molar-refractivity contribution is 5.93. The van der Waals surface area contributed by atoms with Crippen LogP contribution in [0, 0.1) is 0 Å². The van der Waals surface area contributed by atoms with Gasteiger partial charge in [-0.3, -0.25) is 9.69 Å². The van der Waals surface area contributed by atoms with Gasteiger partial charge < -0.3 is 19.5 Å². The predicted octanol–water partition coefficient (Wildman–Crippen LogP) is 3.31. The van der Waals surface area contributed by atoms with Crippen LogP contribution in [0.4, 0.5) is 5.69 Å². The fraction of sp³-hybridized carbons (Fsp3) is 0.632. The summed E-state index contributed by atoms with van der Waals surface area (Å²) in [6.45, 7) is 3.40. The van der Waals surface area contributed by atoms with Crippen LogP contribution < -0.4 is 19.5 Å². The molecular weight excluding hydrogens is 320 g/mol. The van der Waals surface area contributed by atoms with E-state index in [1.165, 1.54) is 32.1 Å². The molecule has 0 spiro atoms. The lowest BCUT2D eigenvalue weighted by atomic mass is 9.94. The molecule has 6 heteroatoms. The average Bonchev–Trinajstić information content (AvgIpc) is 2.65. The monoisotopic (exact) mass is 350 g/mol. The highest BCUT2D eigenvalue weighted by Crippen LogP contribution is 2.39. The summed E-state index contributed by atoms with van der Waals surface area (Å²) in [5.74, 6) is 1.54. The van der Waals surface area contributed by atoms with Gasteiger partial charge in [-0.1, -0.05) is 26.2 Å². The molecule has 1 aliphatic carbocycles. The Hall–Kier alpha value is -1.95. The van der Waals surface area contributed by atoms with Crippen molar-refractivity contribution >= 4 is 11.6 Å². The van der Waals surface area contributed by atoms with Gasteiger partial charge in [0, 0.05) is 23.9 Å². The lowest BCUT2D eigenvalue weighted by molar-refractivity contribution is -0.118. The third kappa shape index (κ3) is 5.01. The number of carbonyl (C=O) groups excluding carboxylic acids is 1. The van der Waals surface area contributed by atoms with E-state index in [1.807, 2.05) is 0 Å². The number of rotatable bonds is 8. The fourth-order valence-corrected chi connectivity index (χ4v) is 3.48. The molecule has 0 unspecified atom stereocenters. The third-order valence-corrected chi connectivity index (χ3v) is 4.79. The molecule has 1 N–H and O–H groups in total. The molecule has 140 valence electrons. The average molecular weight is 350 g/mol. The molecule has 1 amide bonds. The van der Waals surface area contributed by atoms with Gasteiger partial charge in [-0.05, 0) is 19.4 Å². The predicted molar refractivity (Wildman–Crippen MR) is 98.8 cm³/mol. The van der Waals surface area contributed by atoms with Crippen LogP contribution in [0.15, 0.2) is 12.1 Å². The Morgan fingerprint density at radius 1 is 1.08 bits per heavy atom. The molecule has 1 aromatic rings. The summed E-state index contributed by atoms with van der Waals surface area (Å²) < 4.78 is 16.0. The Labute approximate surface area is 150 Å². The number of nitrogens with one attached hydrogen (secondary N) is 1. The summed E-state index contributed by atoms with van der Waals surface area (Å²) in [5.41, 5.74) is 0.638. The lowest BCUT2D eigenvalue weighted by Crippen LogP contribution is -2.41. The molecule has 1 fully saturated rings. The second kappa shape index (κ2) is 9.51. The van der Waals surface area contributed by atoms with E-state index in [0.29, 0.717) is 35.5 Å². The first-order chi connectivity index (χ1) is 12.1. The number of carbonyl (C=O) groups is 1. The standard InChI is InChI=1S/C19H30N2O4/c1-5-21(15-9-7-6-8-10-15)13-18(22)20-14-11-16(23-2)19(25-4)17(12-14)24-3/h11-12,15H,5-10,13H2,1-4H3,(H,20,22). The van der Waals surface area contributed by atoms with Crippen LogP contribution in [0.5, 0.6) is 17.2 Å². The largest absolute Gasteiger partial charge is 0.493 e. The van der Waals surface area contributed by atoms with Gasteiger partial charge >= 0.3 is 0 Å². The lowest BCUT2D eigenvalue weighted by Gasteiger charge is -2.32. The Balaban J connectivity index is 2.06. The van der Waals surface area contributed by atoms with E-state index >= 15 is 0 Å². The number of benzene rings is 1. The zero-order chi connectivity index (χ0) is 18.2. The minimum absolute atomic E-state index is 0.0262. The molecular formula is C19H30N2O4. The maximum Gasteiger partial charge on any atom is 0.238 e. The second-order valence-electron chi connectivity index (χ2n) is 6.32. The van der Waals surface area contributed by atoms with E-state index < -0.39 is 0 Å². The summed E-state index contributed by atoms with van der Waals surface area (Å²) in [7, 11) is 4.68. The minimum Gasteiger partial charge on any atom is -0.493 e. The van der Waals surface area contributed by atoms with Crippen LogP contribution >= 0.6 is 0 Å². The summed E-state index contributed by atoms with van der Waals surface area (Å²) in [4.78, 5) is 14.8. The van der Waals surface area contributed by atoms with Crippen molar-refractivity contribution in [1.82, 2.24) is 4.90 Å². The van der Waals surface area contributed by atoms with Crippen LogP contribution in [-0.2, 0) is 4.79 Å².